The molecule has 0 aliphatic heterocycles. The monoisotopic (exact) mass is 255 g/mol. The maximum Gasteiger partial charge on any atom is 0.347 e. The Balaban J connectivity index is 3.12. The third-order valence-corrected chi connectivity index (χ3v) is 2.71. The van der Waals surface area contributed by atoms with Crippen molar-refractivity contribution in [1.82, 2.24) is 4.98 Å². The molecule has 1 N–H and O–H groups in total. The second-order valence-electron chi connectivity index (χ2n) is 1.68. The lowest BCUT2D eigenvalue weighted by Crippen LogP contribution is -1.96. The standard InChI is InChI=1S/C5H3BrClNO2S/c6-1-2-3(4(9)10)11-5(7)8-2/h1H2,(H,9,10). The van der Waals surface area contributed by atoms with E-state index in [0.29, 0.717) is 11.0 Å². The van der Waals surface area contributed by atoms with Crippen LogP contribution in [0.1, 0.15) is 15.4 Å². The van der Waals surface area contributed by atoms with Crippen molar-refractivity contribution in [3.63, 3.8) is 0 Å². The molecule has 0 saturated heterocycles. The Morgan fingerprint density at radius 1 is 1.82 bits per heavy atom. The summed E-state index contributed by atoms with van der Waals surface area (Å²) in [5.74, 6) is -0.983. The van der Waals surface area contributed by atoms with Crippen LogP contribution in [0.15, 0.2) is 0 Å². The number of halogens is 2. The molecule has 0 saturated carbocycles. The van der Waals surface area contributed by atoms with Crippen LogP contribution < -0.4 is 0 Å². The van der Waals surface area contributed by atoms with E-state index in [-0.39, 0.29) is 9.34 Å². The molecule has 1 aromatic rings. The maximum atomic E-state index is 10.5. The summed E-state index contributed by atoms with van der Waals surface area (Å²) in [5.41, 5.74) is 0.479. The fourth-order valence-electron chi connectivity index (χ4n) is 0.580. The fraction of sp³-hybridized carbons (Fsp3) is 0.200. The zero-order chi connectivity index (χ0) is 8.43. The van der Waals surface area contributed by atoms with E-state index in [2.05, 4.69) is 20.9 Å². The molecule has 0 aliphatic rings. The van der Waals surface area contributed by atoms with Gasteiger partial charge in [-0.05, 0) is 0 Å². The minimum atomic E-state index is -0.983. The molecular weight excluding hydrogens is 253 g/mol. The van der Waals surface area contributed by atoms with Crippen molar-refractivity contribution in [3.8, 4) is 0 Å². The summed E-state index contributed by atoms with van der Waals surface area (Å²) in [6.07, 6.45) is 0. The first-order chi connectivity index (χ1) is 5.15. The second kappa shape index (κ2) is 3.51. The van der Waals surface area contributed by atoms with Gasteiger partial charge in [-0.15, -0.1) is 0 Å². The van der Waals surface area contributed by atoms with E-state index in [4.69, 9.17) is 16.7 Å². The number of carboxylic acids is 1. The first-order valence-electron chi connectivity index (χ1n) is 2.59. The van der Waals surface area contributed by atoms with Gasteiger partial charge in [0.15, 0.2) is 4.47 Å². The van der Waals surface area contributed by atoms with Crippen LogP contribution in [0.25, 0.3) is 0 Å². The number of aromatic carboxylic acids is 1. The first kappa shape index (κ1) is 8.96. The summed E-state index contributed by atoms with van der Waals surface area (Å²) >= 11 is 9.60. The predicted molar refractivity (Wildman–Crippen MR) is 46.7 cm³/mol. The number of aromatic nitrogens is 1. The van der Waals surface area contributed by atoms with Gasteiger partial charge >= 0.3 is 5.97 Å². The zero-order valence-electron chi connectivity index (χ0n) is 5.17. The molecule has 0 bridgehead atoms. The van der Waals surface area contributed by atoms with Crippen molar-refractivity contribution in [2.24, 2.45) is 0 Å². The van der Waals surface area contributed by atoms with Gasteiger partial charge in [-0.1, -0.05) is 38.9 Å². The van der Waals surface area contributed by atoms with E-state index in [1.54, 1.807) is 0 Å². The van der Waals surface area contributed by atoms with Gasteiger partial charge in [0.2, 0.25) is 0 Å². The van der Waals surface area contributed by atoms with Crippen LogP contribution in [0.4, 0.5) is 0 Å². The summed E-state index contributed by atoms with van der Waals surface area (Å²) < 4.78 is 0.261. The lowest BCUT2D eigenvalue weighted by atomic mass is 10.4. The van der Waals surface area contributed by atoms with Gasteiger partial charge in [-0.2, -0.15) is 0 Å². The lowest BCUT2D eigenvalue weighted by Gasteiger charge is -1.88. The average Bonchev–Trinajstić information content (AvgIpc) is 2.30. The molecule has 0 unspecified atom stereocenters. The van der Waals surface area contributed by atoms with Crippen molar-refractivity contribution in [2.75, 3.05) is 0 Å². The highest BCUT2D eigenvalue weighted by Gasteiger charge is 2.14. The number of hydrogen-bond donors (Lipinski definition) is 1. The number of hydrogen-bond acceptors (Lipinski definition) is 3. The summed E-state index contributed by atoms with van der Waals surface area (Å²) in [4.78, 5) is 14.5. The number of carbonyl (C=O) groups is 1. The molecule has 0 amide bonds. The number of alkyl halides is 1. The van der Waals surface area contributed by atoms with Gasteiger partial charge in [-0.3, -0.25) is 0 Å². The Labute approximate surface area is 80.1 Å². The van der Waals surface area contributed by atoms with E-state index in [1.807, 2.05) is 0 Å². The number of rotatable bonds is 2. The first-order valence-corrected chi connectivity index (χ1v) is 4.91. The van der Waals surface area contributed by atoms with Crippen LogP contribution in [0.3, 0.4) is 0 Å². The summed E-state index contributed by atoms with van der Waals surface area (Å²) in [5, 5.41) is 9.02. The fourth-order valence-corrected chi connectivity index (χ4v) is 2.15. The smallest absolute Gasteiger partial charge is 0.347 e. The van der Waals surface area contributed by atoms with E-state index in [9.17, 15) is 4.79 Å². The van der Waals surface area contributed by atoms with Gasteiger partial charge in [0.05, 0.1) is 5.69 Å². The quantitative estimate of drug-likeness (QED) is 0.827. The predicted octanol–water partition coefficient (Wildman–Crippen LogP) is 2.39. The topological polar surface area (TPSA) is 50.2 Å². The number of nitrogens with zero attached hydrogens (tertiary/aromatic N) is 1. The summed E-state index contributed by atoms with van der Waals surface area (Å²) in [6, 6.07) is 0. The van der Waals surface area contributed by atoms with E-state index < -0.39 is 5.97 Å². The third-order valence-electron chi connectivity index (χ3n) is 0.992. The van der Waals surface area contributed by atoms with Crippen LogP contribution in [0, 0.1) is 0 Å². The Kier molecular flexibility index (Phi) is 2.86. The Morgan fingerprint density at radius 3 is 2.82 bits per heavy atom. The number of thiazole rings is 1. The minimum Gasteiger partial charge on any atom is -0.477 e. The molecule has 0 aliphatic carbocycles. The molecule has 0 spiro atoms. The molecule has 1 heterocycles. The maximum absolute atomic E-state index is 10.5. The molecule has 0 radical (unpaired) electrons. The normalized spacial score (nSPS) is 10.0. The number of carboxylic acid groups (broad SMARTS) is 1. The van der Waals surface area contributed by atoms with E-state index >= 15 is 0 Å². The van der Waals surface area contributed by atoms with Crippen LogP contribution in [-0.4, -0.2) is 16.1 Å². The van der Waals surface area contributed by atoms with Crippen molar-refractivity contribution in [2.45, 2.75) is 5.33 Å². The van der Waals surface area contributed by atoms with E-state index in [0.717, 1.165) is 11.3 Å². The molecule has 6 heteroatoms. The second-order valence-corrected chi connectivity index (χ2v) is 3.82. The van der Waals surface area contributed by atoms with E-state index in [1.165, 1.54) is 0 Å². The zero-order valence-corrected chi connectivity index (χ0v) is 8.33. The molecule has 1 aromatic heterocycles. The Bertz CT molecular complexity index is 288. The van der Waals surface area contributed by atoms with Gasteiger partial charge in [0.1, 0.15) is 4.88 Å². The Morgan fingerprint density at radius 2 is 2.45 bits per heavy atom. The molecule has 0 atom stereocenters. The van der Waals surface area contributed by atoms with Crippen LogP contribution in [-0.2, 0) is 5.33 Å². The van der Waals surface area contributed by atoms with Crippen LogP contribution >= 0.6 is 38.9 Å². The highest BCUT2D eigenvalue weighted by molar-refractivity contribution is 9.08. The molecule has 0 aromatic carbocycles. The van der Waals surface area contributed by atoms with Crippen molar-refractivity contribution >= 4 is 44.8 Å². The average molecular weight is 257 g/mol. The highest BCUT2D eigenvalue weighted by atomic mass is 79.9. The van der Waals surface area contributed by atoms with Crippen LogP contribution in [0.2, 0.25) is 4.47 Å². The minimum absolute atomic E-state index is 0.201. The van der Waals surface area contributed by atoms with Gasteiger partial charge < -0.3 is 5.11 Å². The largest absolute Gasteiger partial charge is 0.477 e. The van der Waals surface area contributed by atoms with Crippen molar-refractivity contribution < 1.29 is 9.90 Å². The highest BCUT2D eigenvalue weighted by Crippen LogP contribution is 2.24. The van der Waals surface area contributed by atoms with Gasteiger partial charge in [0.25, 0.3) is 0 Å². The van der Waals surface area contributed by atoms with Gasteiger partial charge in [0, 0.05) is 5.33 Å². The van der Waals surface area contributed by atoms with Crippen molar-refractivity contribution in [3.05, 3.63) is 15.0 Å². The van der Waals surface area contributed by atoms with Gasteiger partial charge in [-0.25, -0.2) is 9.78 Å². The molecule has 1 rings (SSSR count). The third kappa shape index (κ3) is 1.91. The summed E-state index contributed by atoms with van der Waals surface area (Å²) in [6.45, 7) is 0. The lowest BCUT2D eigenvalue weighted by molar-refractivity contribution is 0.0701. The Hall–Kier alpha value is -0.130. The molecule has 11 heavy (non-hydrogen) atoms. The molecule has 3 nitrogen and oxygen atoms in total. The molecule has 60 valence electrons. The van der Waals surface area contributed by atoms with Crippen LogP contribution in [0.5, 0.6) is 0 Å². The summed E-state index contributed by atoms with van der Waals surface area (Å²) in [7, 11) is 0. The molecule has 0 fully saturated rings. The SMILES string of the molecule is O=C(O)c1sc(Cl)nc1CBr. The van der Waals surface area contributed by atoms with Crippen molar-refractivity contribution in [1.29, 1.82) is 0 Å². The molecular formula is C5H3BrClNO2S.